The molecule has 2 amide bonds. The van der Waals surface area contributed by atoms with Crippen molar-refractivity contribution < 1.29 is 14.3 Å². The summed E-state index contributed by atoms with van der Waals surface area (Å²) in [7, 11) is 0. The van der Waals surface area contributed by atoms with Crippen molar-refractivity contribution in [2.24, 2.45) is 5.92 Å². The van der Waals surface area contributed by atoms with Crippen molar-refractivity contribution in [1.82, 2.24) is 20.0 Å². The largest absolute Gasteiger partial charge is 0.444 e. The third-order valence-electron chi connectivity index (χ3n) is 5.81. The van der Waals surface area contributed by atoms with Crippen LogP contribution in [0.25, 0.3) is 5.69 Å². The highest BCUT2D eigenvalue weighted by Gasteiger charge is 2.28. The lowest BCUT2D eigenvalue weighted by Crippen LogP contribution is -2.43. The average Bonchev–Trinajstić information content (AvgIpc) is 3.18. The van der Waals surface area contributed by atoms with Crippen LogP contribution in [-0.2, 0) is 10.2 Å². The quantitative estimate of drug-likeness (QED) is 0.716. The van der Waals surface area contributed by atoms with Crippen molar-refractivity contribution in [2.45, 2.75) is 72.3 Å². The van der Waals surface area contributed by atoms with Gasteiger partial charge in [-0.05, 0) is 64.7 Å². The maximum Gasteiger partial charge on any atom is 0.410 e. The molecule has 1 saturated heterocycles. The van der Waals surface area contributed by atoms with Gasteiger partial charge in [-0.1, -0.05) is 38.5 Å². The van der Waals surface area contributed by atoms with Gasteiger partial charge in [0.15, 0.2) is 0 Å². The molecule has 1 aromatic heterocycles. The van der Waals surface area contributed by atoms with Crippen LogP contribution in [0, 0.1) is 12.8 Å². The standard InChI is InChI=1S/C26H38N4O3/c1-18-8-10-20(11-9-18)30-21(16-22(28-30)25(2,3)4)23(31)27-17-19-12-14-29(15-13-19)24(32)33-26(5,6)7/h8-11,16,19H,12-15,17H2,1-7H3,(H,27,31). The number of aryl methyl sites for hydroxylation is 1. The third kappa shape index (κ3) is 6.59. The minimum absolute atomic E-state index is 0.131. The molecular weight excluding hydrogens is 416 g/mol. The Hall–Kier alpha value is -2.83. The molecule has 3 rings (SSSR count). The molecule has 180 valence electrons. The molecule has 0 unspecified atom stereocenters. The van der Waals surface area contributed by atoms with Crippen LogP contribution in [0.15, 0.2) is 30.3 Å². The Morgan fingerprint density at radius 1 is 1.06 bits per heavy atom. The Morgan fingerprint density at radius 2 is 1.67 bits per heavy atom. The minimum atomic E-state index is -0.492. The lowest BCUT2D eigenvalue weighted by Gasteiger charge is -2.33. The third-order valence-corrected chi connectivity index (χ3v) is 5.81. The van der Waals surface area contributed by atoms with Crippen LogP contribution in [0.4, 0.5) is 4.79 Å². The SMILES string of the molecule is Cc1ccc(-n2nc(C(C)(C)C)cc2C(=O)NCC2CCN(C(=O)OC(C)(C)C)CC2)cc1. The van der Waals surface area contributed by atoms with Crippen molar-refractivity contribution >= 4 is 12.0 Å². The zero-order valence-corrected chi connectivity index (χ0v) is 21.1. The predicted octanol–water partition coefficient (Wildman–Crippen LogP) is 4.86. The van der Waals surface area contributed by atoms with Crippen molar-refractivity contribution in [3.8, 4) is 5.69 Å². The van der Waals surface area contributed by atoms with Crippen LogP contribution in [-0.4, -0.2) is 51.9 Å². The number of hydrogen-bond donors (Lipinski definition) is 1. The summed E-state index contributed by atoms with van der Waals surface area (Å²) < 4.78 is 7.20. The summed E-state index contributed by atoms with van der Waals surface area (Å²) in [6.07, 6.45) is 1.41. The second-order valence-corrected chi connectivity index (χ2v) is 11.0. The van der Waals surface area contributed by atoms with E-state index < -0.39 is 5.60 Å². The maximum atomic E-state index is 13.2. The van der Waals surface area contributed by atoms with Crippen LogP contribution in [0.3, 0.4) is 0 Å². The van der Waals surface area contributed by atoms with E-state index in [2.05, 4.69) is 26.1 Å². The molecule has 1 fully saturated rings. The van der Waals surface area contributed by atoms with Gasteiger partial charge in [-0.15, -0.1) is 0 Å². The molecule has 33 heavy (non-hydrogen) atoms. The summed E-state index contributed by atoms with van der Waals surface area (Å²) in [6.45, 7) is 15.8. The van der Waals surface area contributed by atoms with Gasteiger partial charge < -0.3 is 15.0 Å². The molecule has 0 radical (unpaired) electrons. The van der Waals surface area contributed by atoms with Crippen molar-refractivity contribution in [2.75, 3.05) is 19.6 Å². The molecule has 7 heteroatoms. The molecule has 0 bridgehead atoms. The Kier molecular flexibility index (Phi) is 7.20. The van der Waals surface area contributed by atoms with Gasteiger partial charge in [-0.3, -0.25) is 4.79 Å². The molecule has 0 saturated carbocycles. The summed E-state index contributed by atoms with van der Waals surface area (Å²) in [5, 5.41) is 7.86. The molecule has 0 spiro atoms. The number of nitrogens with one attached hydrogen (secondary N) is 1. The Labute approximate surface area is 197 Å². The predicted molar refractivity (Wildman–Crippen MR) is 130 cm³/mol. The summed E-state index contributed by atoms with van der Waals surface area (Å²) in [5.41, 5.74) is 2.78. The van der Waals surface area contributed by atoms with Crippen LogP contribution in [0.5, 0.6) is 0 Å². The zero-order chi connectivity index (χ0) is 24.4. The minimum Gasteiger partial charge on any atom is -0.444 e. The summed E-state index contributed by atoms with van der Waals surface area (Å²) >= 11 is 0. The number of piperidine rings is 1. The first-order valence-corrected chi connectivity index (χ1v) is 11.8. The highest BCUT2D eigenvalue weighted by atomic mass is 16.6. The molecule has 1 aliphatic heterocycles. The van der Waals surface area contributed by atoms with Gasteiger partial charge in [0.25, 0.3) is 5.91 Å². The monoisotopic (exact) mass is 454 g/mol. The number of rotatable bonds is 4. The lowest BCUT2D eigenvalue weighted by molar-refractivity contribution is 0.0183. The fourth-order valence-electron chi connectivity index (χ4n) is 3.77. The highest BCUT2D eigenvalue weighted by Crippen LogP contribution is 2.24. The van der Waals surface area contributed by atoms with E-state index in [1.807, 2.05) is 58.0 Å². The normalized spacial score (nSPS) is 15.4. The molecule has 1 N–H and O–H groups in total. The number of benzene rings is 1. The first-order valence-electron chi connectivity index (χ1n) is 11.8. The number of carbonyl (C=O) groups excluding carboxylic acids is 2. The van der Waals surface area contributed by atoms with E-state index in [4.69, 9.17) is 9.84 Å². The van der Waals surface area contributed by atoms with Gasteiger partial charge in [0.05, 0.1) is 11.4 Å². The second-order valence-electron chi connectivity index (χ2n) is 11.0. The van der Waals surface area contributed by atoms with Gasteiger partial charge in [0, 0.05) is 25.0 Å². The molecule has 1 aromatic carbocycles. The van der Waals surface area contributed by atoms with E-state index in [0.29, 0.717) is 31.2 Å². The van der Waals surface area contributed by atoms with E-state index in [-0.39, 0.29) is 17.4 Å². The topological polar surface area (TPSA) is 76.5 Å². The van der Waals surface area contributed by atoms with E-state index in [0.717, 1.165) is 29.8 Å². The van der Waals surface area contributed by atoms with Crippen LogP contribution >= 0.6 is 0 Å². The van der Waals surface area contributed by atoms with Gasteiger partial charge >= 0.3 is 6.09 Å². The number of amides is 2. The lowest BCUT2D eigenvalue weighted by atomic mass is 9.92. The Bertz CT molecular complexity index is 972. The van der Waals surface area contributed by atoms with Crippen molar-refractivity contribution in [3.05, 3.63) is 47.3 Å². The van der Waals surface area contributed by atoms with Gasteiger partial charge in [-0.25, -0.2) is 9.48 Å². The average molecular weight is 455 g/mol. The van der Waals surface area contributed by atoms with E-state index in [9.17, 15) is 9.59 Å². The molecule has 0 aliphatic carbocycles. The van der Waals surface area contributed by atoms with E-state index in [1.165, 1.54) is 0 Å². The van der Waals surface area contributed by atoms with E-state index >= 15 is 0 Å². The molecule has 1 aliphatic rings. The molecule has 2 aromatic rings. The molecule has 7 nitrogen and oxygen atoms in total. The van der Waals surface area contributed by atoms with Gasteiger partial charge in [0.1, 0.15) is 11.3 Å². The fraction of sp³-hybridized carbons (Fsp3) is 0.577. The molecular formula is C26H38N4O3. The summed E-state index contributed by atoms with van der Waals surface area (Å²) in [4.78, 5) is 27.2. The van der Waals surface area contributed by atoms with Crippen LogP contribution < -0.4 is 5.32 Å². The van der Waals surface area contributed by atoms with E-state index in [1.54, 1.807) is 9.58 Å². The highest BCUT2D eigenvalue weighted by molar-refractivity contribution is 5.93. The van der Waals surface area contributed by atoms with Crippen LogP contribution in [0.2, 0.25) is 0 Å². The number of aromatic nitrogens is 2. The first kappa shape index (κ1) is 24.8. The fourth-order valence-corrected chi connectivity index (χ4v) is 3.77. The number of ether oxygens (including phenoxy) is 1. The number of likely N-dealkylation sites (tertiary alicyclic amines) is 1. The Morgan fingerprint density at radius 3 is 2.21 bits per heavy atom. The van der Waals surface area contributed by atoms with Crippen molar-refractivity contribution in [3.63, 3.8) is 0 Å². The number of carbonyl (C=O) groups is 2. The Balaban J connectivity index is 1.64. The van der Waals surface area contributed by atoms with Gasteiger partial charge in [-0.2, -0.15) is 5.10 Å². The van der Waals surface area contributed by atoms with Gasteiger partial charge in [0.2, 0.25) is 0 Å². The summed E-state index contributed by atoms with van der Waals surface area (Å²) in [5.74, 6) is 0.193. The molecule has 0 atom stereocenters. The smallest absolute Gasteiger partial charge is 0.410 e. The van der Waals surface area contributed by atoms with Crippen LogP contribution in [0.1, 0.15) is 76.1 Å². The molecule has 2 heterocycles. The number of hydrogen-bond acceptors (Lipinski definition) is 4. The maximum absolute atomic E-state index is 13.2. The first-order chi connectivity index (χ1) is 15.3. The number of nitrogens with zero attached hydrogens (tertiary/aromatic N) is 3. The zero-order valence-electron chi connectivity index (χ0n) is 21.1. The summed E-state index contributed by atoms with van der Waals surface area (Å²) in [6, 6.07) is 9.90. The van der Waals surface area contributed by atoms with Crippen molar-refractivity contribution in [1.29, 1.82) is 0 Å². The second kappa shape index (κ2) is 9.57.